The molecule has 1 aliphatic rings. The molecule has 3 heterocycles. The molecule has 0 bridgehead atoms. The SMILES string of the molecule is Cc1ccc2oc(C(=O)Nc3sc4c(c3C(=O)NCc3ccco3)CCCC4)cc(=O)c2c1. The first-order valence-electron chi connectivity index (χ1n) is 10.8. The number of carbonyl (C=O) groups excluding carboxylic acids is 2. The molecule has 0 unspecified atom stereocenters. The van der Waals surface area contributed by atoms with Crippen molar-refractivity contribution < 1.29 is 18.4 Å². The van der Waals surface area contributed by atoms with Gasteiger partial charge >= 0.3 is 0 Å². The van der Waals surface area contributed by atoms with Gasteiger partial charge in [0.15, 0.2) is 11.2 Å². The van der Waals surface area contributed by atoms with Crippen LogP contribution in [0.5, 0.6) is 0 Å². The van der Waals surface area contributed by atoms with Gasteiger partial charge in [-0.1, -0.05) is 11.6 Å². The minimum Gasteiger partial charge on any atom is -0.467 e. The first kappa shape index (κ1) is 21.2. The predicted molar refractivity (Wildman–Crippen MR) is 126 cm³/mol. The average Bonchev–Trinajstić information content (AvgIpc) is 3.45. The molecule has 0 aliphatic heterocycles. The van der Waals surface area contributed by atoms with E-state index in [0.29, 0.717) is 27.3 Å². The molecule has 168 valence electrons. The van der Waals surface area contributed by atoms with Crippen LogP contribution in [0.25, 0.3) is 11.0 Å². The molecule has 0 saturated heterocycles. The molecule has 2 N–H and O–H groups in total. The molecule has 4 aromatic rings. The lowest BCUT2D eigenvalue weighted by Crippen LogP contribution is -2.25. The van der Waals surface area contributed by atoms with Crippen molar-refractivity contribution in [3.8, 4) is 0 Å². The minimum atomic E-state index is -0.562. The number of carbonyl (C=O) groups is 2. The molecule has 7 nitrogen and oxygen atoms in total. The minimum absolute atomic E-state index is 0.0929. The number of hydrogen-bond donors (Lipinski definition) is 2. The summed E-state index contributed by atoms with van der Waals surface area (Å²) < 4.78 is 11.0. The predicted octanol–water partition coefficient (Wildman–Crippen LogP) is 4.82. The van der Waals surface area contributed by atoms with Gasteiger partial charge in [-0.25, -0.2) is 0 Å². The summed E-state index contributed by atoms with van der Waals surface area (Å²) in [6, 6.07) is 9.98. The van der Waals surface area contributed by atoms with Crippen LogP contribution in [-0.2, 0) is 19.4 Å². The van der Waals surface area contributed by atoms with Crippen LogP contribution in [0.2, 0.25) is 0 Å². The molecule has 0 saturated carbocycles. The van der Waals surface area contributed by atoms with Crippen LogP contribution in [0, 0.1) is 6.92 Å². The van der Waals surface area contributed by atoms with Gasteiger partial charge in [-0.2, -0.15) is 0 Å². The zero-order valence-electron chi connectivity index (χ0n) is 18.0. The molecule has 1 aliphatic carbocycles. The van der Waals surface area contributed by atoms with Crippen LogP contribution in [-0.4, -0.2) is 11.8 Å². The third-order valence-electron chi connectivity index (χ3n) is 5.74. The lowest BCUT2D eigenvalue weighted by molar-refractivity contribution is 0.0948. The van der Waals surface area contributed by atoms with E-state index in [1.165, 1.54) is 17.4 Å². The third kappa shape index (κ3) is 4.21. The summed E-state index contributed by atoms with van der Waals surface area (Å²) in [6.07, 6.45) is 5.26. The fraction of sp³-hybridized carbons (Fsp3) is 0.240. The molecule has 8 heteroatoms. The number of rotatable bonds is 5. The number of furan rings is 1. The van der Waals surface area contributed by atoms with Gasteiger partial charge in [0.1, 0.15) is 16.3 Å². The maximum Gasteiger partial charge on any atom is 0.292 e. The summed E-state index contributed by atoms with van der Waals surface area (Å²) in [5.41, 5.74) is 2.45. The highest BCUT2D eigenvalue weighted by atomic mass is 32.1. The Morgan fingerprint density at radius 1 is 1.09 bits per heavy atom. The van der Waals surface area contributed by atoms with E-state index in [1.807, 2.05) is 13.0 Å². The van der Waals surface area contributed by atoms with E-state index in [2.05, 4.69) is 10.6 Å². The van der Waals surface area contributed by atoms with E-state index in [1.54, 1.807) is 30.5 Å². The monoisotopic (exact) mass is 462 g/mol. The van der Waals surface area contributed by atoms with Gasteiger partial charge < -0.3 is 19.5 Å². The lowest BCUT2D eigenvalue weighted by Gasteiger charge is -2.13. The summed E-state index contributed by atoms with van der Waals surface area (Å²) in [4.78, 5) is 39.8. The number of hydrogen-bond acceptors (Lipinski definition) is 6. The highest BCUT2D eigenvalue weighted by molar-refractivity contribution is 7.17. The second kappa shape index (κ2) is 8.71. The van der Waals surface area contributed by atoms with Crippen molar-refractivity contribution in [2.24, 2.45) is 0 Å². The van der Waals surface area contributed by atoms with Gasteiger partial charge in [0, 0.05) is 10.9 Å². The Morgan fingerprint density at radius 3 is 2.76 bits per heavy atom. The Balaban J connectivity index is 1.45. The Hall–Kier alpha value is -3.65. The van der Waals surface area contributed by atoms with Crippen molar-refractivity contribution in [3.05, 3.63) is 86.0 Å². The summed E-state index contributed by atoms with van der Waals surface area (Å²) in [6.45, 7) is 2.14. The summed E-state index contributed by atoms with van der Waals surface area (Å²) >= 11 is 1.41. The van der Waals surface area contributed by atoms with Crippen molar-refractivity contribution in [2.45, 2.75) is 39.2 Å². The second-order valence-corrected chi connectivity index (χ2v) is 9.21. The van der Waals surface area contributed by atoms with E-state index in [9.17, 15) is 14.4 Å². The molecule has 1 aromatic carbocycles. The Morgan fingerprint density at radius 2 is 1.94 bits per heavy atom. The summed E-state index contributed by atoms with van der Waals surface area (Å²) in [7, 11) is 0. The smallest absolute Gasteiger partial charge is 0.292 e. The van der Waals surface area contributed by atoms with E-state index in [4.69, 9.17) is 8.83 Å². The molecule has 0 spiro atoms. The molecular formula is C25H22N2O5S. The normalized spacial score (nSPS) is 13.0. The van der Waals surface area contributed by atoms with Crippen molar-refractivity contribution >= 4 is 39.1 Å². The molecule has 0 fully saturated rings. The molecule has 3 aromatic heterocycles. The number of nitrogens with one attached hydrogen (secondary N) is 2. The van der Waals surface area contributed by atoms with E-state index in [0.717, 1.165) is 41.7 Å². The molecule has 2 amide bonds. The van der Waals surface area contributed by atoms with Crippen molar-refractivity contribution in [3.63, 3.8) is 0 Å². The maximum absolute atomic E-state index is 13.1. The van der Waals surface area contributed by atoms with Crippen LogP contribution in [0.4, 0.5) is 5.00 Å². The van der Waals surface area contributed by atoms with Crippen molar-refractivity contribution in [1.29, 1.82) is 0 Å². The first-order chi connectivity index (χ1) is 16.0. The Bertz CT molecular complexity index is 1410. The topological polar surface area (TPSA) is 102 Å². The highest BCUT2D eigenvalue weighted by Gasteiger charge is 2.27. The van der Waals surface area contributed by atoms with Gasteiger partial charge in [0.2, 0.25) is 0 Å². The number of benzene rings is 1. The average molecular weight is 463 g/mol. The number of amides is 2. The van der Waals surface area contributed by atoms with E-state index >= 15 is 0 Å². The van der Waals surface area contributed by atoms with Crippen molar-refractivity contribution in [1.82, 2.24) is 5.32 Å². The van der Waals surface area contributed by atoms with Crippen LogP contribution in [0.3, 0.4) is 0 Å². The molecular weight excluding hydrogens is 440 g/mol. The molecule has 0 atom stereocenters. The molecule has 0 radical (unpaired) electrons. The quantitative estimate of drug-likeness (QED) is 0.443. The van der Waals surface area contributed by atoms with Crippen molar-refractivity contribution in [2.75, 3.05) is 5.32 Å². The van der Waals surface area contributed by atoms with Crippen LogP contribution < -0.4 is 16.1 Å². The maximum atomic E-state index is 13.1. The lowest BCUT2D eigenvalue weighted by atomic mass is 9.95. The van der Waals surface area contributed by atoms with Gasteiger partial charge in [0.05, 0.1) is 23.8 Å². The number of aryl methyl sites for hydroxylation is 2. The van der Waals surface area contributed by atoms with E-state index < -0.39 is 5.91 Å². The summed E-state index contributed by atoms with van der Waals surface area (Å²) in [5.74, 6) is -0.277. The zero-order valence-corrected chi connectivity index (χ0v) is 18.8. The van der Waals surface area contributed by atoms with Gasteiger partial charge in [-0.3, -0.25) is 14.4 Å². The van der Waals surface area contributed by atoms with Crippen LogP contribution in [0.15, 0.2) is 56.3 Å². The molecule has 5 rings (SSSR count). The Labute approximate surface area is 193 Å². The third-order valence-corrected chi connectivity index (χ3v) is 6.94. The van der Waals surface area contributed by atoms with E-state index in [-0.39, 0.29) is 23.6 Å². The summed E-state index contributed by atoms with van der Waals surface area (Å²) in [5, 5.41) is 6.60. The van der Waals surface area contributed by atoms with Gasteiger partial charge in [-0.15, -0.1) is 11.3 Å². The number of fused-ring (bicyclic) bond motifs is 2. The fourth-order valence-electron chi connectivity index (χ4n) is 4.11. The largest absolute Gasteiger partial charge is 0.467 e. The number of anilines is 1. The highest BCUT2D eigenvalue weighted by Crippen LogP contribution is 2.38. The van der Waals surface area contributed by atoms with Gasteiger partial charge in [0.25, 0.3) is 11.8 Å². The van der Waals surface area contributed by atoms with Crippen LogP contribution in [0.1, 0.15) is 55.5 Å². The number of thiophene rings is 1. The Kier molecular flexibility index (Phi) is 5.60. The van der Waals surface area contributed by atoms with Crippen LogP contribution >= 0.6 is 11.3 Å². The fourth-order valence-corrected chi connectivity index (χ4v) is 5.39. The molecule has 33 heavy (non-hydrogen) atoms. The second-order valence-electron chi connectivity index (χ2n) is 8.11. The first-order valence-corrected chi connectivity index (χ1v) is 11.6. The zero-order chi connectivity index (χ0) is 22.9. The standard InChI is InChI=1S/C25H22N2O5S/c1-14-8-9-19-17(11-14)18(28)12-20(32-19)23(29)27-25-22(16-6-2-3-7-21(16)33-25)24(30)26-13-15-5-4-10-31-15/h4-5,8-12H,2-3,6-7,13H2,1H3,(H,26,30)(H,27,29). The van der Waals surface area contributed by atoms with Gasteiger partial charge in [-0.05, 0) is 62.4 Å².